The molecular formula is C22H28O4. The maximum Gasteiger partial charge on any atom is 0.305 e. The molecule has 0 unspecified atom stereocenters. The van der Waals surface area contributed by atoms with E-state index in [0.717, 1.165) is 30.6 Å². The van der Waals surface area contributed by atoms with Crippen LogP contribution in [-0.2, 0) is 22.6 Å². The van der Waals surface area contributed by atoms with Crippen molar-refractivity contribution in [1.29, 1.82) is 0 Å². The molecule has 0 fully saturated rings. The van der Waals surface area contributed by atoms with Crippen LogP contribution in [0.2, 0.25) is 0 Å². The Bertz CT molecular complexity index is 652. The summed E-state index contributed by atoms with van der Waals surface area (Å²) in [7, 11) is 1.63. The third-order valence-corrected chi connectivity index (χ3v) is 4.48. The van der Waals surface area contributed by atoms with Gasteiger partial charge in [-0.2, -0.15) is 0 Å². The second kappa shape index (κ2) is 10.6. The predicted octanol–water partition coefficient (Wildman–Crippen LogP) is 4.71. The summed E-state index contributed by atoms with van der Waals surface area (Å²) < 4.78 is 11.1. The predicted molar refractivity (Wildman–Crippen MR) is 102 cm³/mol. The summed E-state index contributed by atoms with van der Waals surface area (Å²) in [6.45, 7) is 2.57. The van der Waals surface area contributed by atoms with Crippen LogP contribution in [0.3, 0.4) is 0 Å². The Morgan fingerprint density at radius 2 is 1.73 bits per heavy atom. The van der Waals surface area contributed by atoms with Gasteiger partial charge in [0.2, 0.25) is 0 Å². The first kappa shape index (κ1) is 20.0. The van der Waals surface area contributed by atoms with Crippen molar-refractivity contribution in [2.45, 2.75) is 45.3 Å². The SMILES string of the molecule is COc1ccc(CO[C@@H](CC(=O)O)C[C@H](C)CCc2ccccc2)cc1. The number of hydrogen-bond donors (Lipinski definition) is 1. The fourth-order valence-electron chi connectivity index (χ4n) is 2.97. The highest BCUT2D eigenvalue weighted by Gasteiger charge is 2.17. The molecule has 2 atom stereocenters. The van der Waals surface area contributed by atoms with E-state index in [1.54, 1.807) is 7.11 Å². The molecule has 26 heavy (non-hydrogen) atoms. The molecule has 0 saturated carbocycles. The lowest BCUT2D eigenvalue weighted by atomic mass is 9.94. The zero-order valence-corrected chi connectivity index (χ0v) is 15.6. The number of carbonyl (C=O) groups is 1. The Labute approximate surface area is 155 Å². The van der Waals surface area contributed by atoms with Crippen LogP contribution in [0.4, 0.5) is 0 Å². The second-order valence-corrected chi connectivity index (χ2v) is 6.74. The molecule has 2 rings (SSSR count). The lowest BCUT2D eigenvalue weighted by molar-refractivity contribution is -0.140. The number of hydrogen-bond acceptors (Lipinski definition) is 3. The molecule has 140 valence electrons. The summed E-state index contributed by atoms with van der Waals surface area (Å²) in [6.07, 6.45) is 2.52. The molecule has 1 N–H and O–H groups in total. The van der Waals surface area contributed by atoms with Crippen molar-refractivity contribution in [2.75, 3.05) is 7.11 Å². The number of aliphatic carboxylic acids is 1. The standard InChI is InChI=1S/C22H28O4/c1-17(8-9-18-6-4-3-5-7-18)14-21(15-22(23)24)26-16-19-10-12-20(25-2)13-11-19/h3-7,10-13,17,21H,8-9,14-16H2,1-2H3,(H,23,24)/t17-,21-/m1/s1. The first-order valence-corrected chi connectivity index (χ1v) is 9.07. The van der Waals surface area contributed by atoms with Crippen LogP contribution in [0.5, 0.6) is 5.75 Å². The quantitative estimate of drug-likeness (QED) is 0.633. The van der Waals surface area contributed by atoms with Gasteiger partial charge in [-0.3, -0.25) is 4.79 Å². The molecule has 2 aromatic rings. The van der Waals surface area contributed by atoms with Crippen LogP contribution in [0.1, 0.15) is 37.3 Å². The van der Waals surface area contributed by atoms with E-state index in [-0.39, 0.29) is 12.5 Å². The van der Waals surface area contributed by atoms with Crippen LogP contribution in [0, 0.1) is 5.92 Å². The maximum absolute atomic E-state index is 11.2. The summed E-state index contributed by atoms with van der Waals surface area (Å²) >= 11 is 0. The third kappa shape index (κ3) is 7.28. The van der Waals surface area contributed by atoms with Crippen molar-refractivity contribution in [3.8, 4) is 5.75 Å². The highest BCUT2D eigenvalue weighted by Crippen LogP contribution is 2.20. The average Bonchev–Trinajstić information content (AvgIpc) is 2.65. The smallest absolute Gasteiger partial charge is 0.305 e. The number of aryl methyl sites for hydroxylation is 1. The minimum atomic E-state index is -0.819. The third-order valence-electron chi connectivity index (χ3n) is 4.48. The Hall–Kier alpha value is -2.33. The zero-order chi connectivity index (χ0) is 18.8. The van der Waals surface area contributed by atoms with Crippen LogP contribution >= 0.6 is 0 Å². The number of methoxy groups -OCH3 is 1. The van der Waals surface area contributed by atoms with E-state index in [9.17, 15) is 9.90 Å². The monoisotopic (exact) mass is 356 g/mol. The first-order chi connectivity index (χ1) is 12.6. The largest absolute Gasteiger partial charge is 0.497 e. The molecule has 0 aliphatic rings. The number of ether oxygens (including phenoxy) is 2. The van der Waals surface area contributed by atoms with Crippen molar-refractivity contribution in [3.05, 3.63) is 65.7 Å². The molecule has 0 amide bonds. The van der Waals surface area contributed by atoms with Crippen LogP contribution in [0.25, 0.3) is 0 Å². The van der Waals surface area contributed by atoms with E-state index in [1.165, 1.54) is 5.56 Å². The summed E-state index contributed by atoms with van der Waals surface area (Å²) in [4.78, 5) is 11.2. The summed E-state index contributed by atoms with van der Waals surface area (Å²) in [5, 5.41) is 9.17. The van der Waals surface area contributed by atoms with Gasteiger partial charge in [0, 0.05) is 0 Å². The highest BCUT2D eigenvalue weighted by atomic mass is 16.5. The summed E-state index contributed by atoms with van der Waals surface area (Å²) in [5.74, 6) is 0.376. The lowest BCUT2D eigenvalue weighted by Crippen LogP contribution is -2.20. The van der Waals surface area contributed by atoms with Crippen LogP contribution < -0.4 is 4.74 Å². The molecule has 2 aromatic carbocycles. The number of benzene rings is 2. The molecule has 0 aromatic heterocycles. The van der Waals surface area contributed by atoms with Gasteiger partial charge >= 0.3 is 5.97 Å². The Morgan fingerprint density at radius 1 is 1.04 bits per heavy atom. The van der Waals surface area contributed by atoms with Gasteiger partial charge in [-0.1, -0.05) is 49.4 Å². The number of rotatable bonds is 11. The fourth-order valence-corrected chi connectivity index (χ4v) is 2.97. The molecule has 0 saturated heterocycles. The Kier molecular flexibility index (Phi) is 8.16. The van der Waals surface area contributed by atoms with Crippen LogP contribution in [-0.4, -0.2) is 24.3 Å². The minimum absolute atomic E-state index is 0.0336. The van der Waals surface area contributed by atoms with E-state index < -0.39 is 5.97 Å². The van der Waals surface area contributed by atoms with Gasteiger partial charge in [0.05, 0.1) is 26.2 Å². The highest BCUT2D eigenvalue weighted by molar-refractivity contribution is 5.67. The second-order valence-electron chi connectivity index (χ2n) is 6.74. The molecule has 0 aliphatic carbocycles. The van der Waals surface area contributed by atoms with Gasteiger partial charge in [-0.15, -0.1) is 0 Å². The van der Waals surface area contributed by atoms with Crippen molar-refractivity contribution >= 4 is 5.97 Å². The Balaban J connectivity index is 1.83. The molecule has 4 heteroatoms. The van der Waals surface area contributed by atoms with Crippen molar-refractivity contribution in [2.24, 2.45) is 5.92 Å². The molecule has 0 aliphatic heterocycles. The molecule has 0 heterocycles. The lowest BCUT2D eigenvalue weighted by Gasteiger charge is -2.20. The fraction of sp³-hybridized carbons (Fsp3) is 0.409. The van der Waals surface area contributed by atoms with E-state index in [2.05, 4.69) is 19.1 Å². The van der Waals surface area contributed by atoms with Crippen molar-refractivity contribution < 1.29 is 19.4 Å². The Morgan fingerprint density at radius 3 is 2.35 bits per heavy atom. The van der Waals surface area contributed by atoms with E-state index in [4.69, 9.17) is 9.47 Å². The minimum Gasteiger partial charge on any atom is -0.497 e. The molecule has 0 bridgehead atoms. The number of carboxylic acids is 1. The summed E-state index contributed by atoms with van der Waals surface area (Å²) in [5.41, 5.74) is 2.33. The van der Waals surface area contributed by atoms with Crippen LogP contribution in [0.15, 0.2) is 54.6 Å². The van der Waals surface area contributed by atoms with Crippen molar-refractivity contribution in [3.63, 3.8) is 0 Å². The van der Waals surface area contributed by atoms with E-state index in [1.807, 2.05) is 42.5 Å². The van der Waals surface area contributed by atoms with Gasteiger partial charge in [0.25, 0.3) is 0 Å². The zero-order valence-electron chi connectivity index (χ0n) is 15.6. The van der Waals surface area contributed by atoms with Gasteiger partial charge in [-0.25, -0.2) is 0 Å². The average molecular weight is 356 g/mol. The molecule has 0 spiro atoms. The van der Waals surface area contributed by atoms with Crippen molar-refractivity contribution in [1.82, 2.24) is 0 Å². The van der Waals surface area contributed by atoms with Gasteiger partial charge in [0.1, 0.15) is 5.75 Å². The van der Waals surface area contributed by atoms with Gasteiger partial charge in [0.15, 0.2) is 0 Å². The molecule has 0 radical (unpaired) electrons. The summed E-state index contributed by atoms with van der Waals surface area (Å²) in [6, 6.07) is 18.0. The maximum atomic E-state index is 11.2. The first-order valence-electron chi connectivity index (χ1n) is 9.07. The normalized spacial score (nSPS) is 13.2. The van der Waals surface area contributed by atoms with Gasteiger partial charge < -0.3 is 14.6 Å². The molecule has 4 nitrogen and oxygen atoms in total. The van der Waals surface area contributed by atoms with E-state index in [0.29, 0.717) is 12.5 Å². The number of carboxylic acid groups (broad SMARTS) is 1. The topological polar surface area (TPSA) is 55.8 Å². The van der Waals surface area contributed by atoms with E-state index >= 15 is 0 Å². The van der Waals surface area contributed by atoms with Gasteiger partial charge in [-0.05, 0) is 48.4 Å². The molecular weight excluding hydrogens is 328 g/mol.